The largest absolute Gasteiger partial charge is 0.493 e. The maximum Gasteiger partial charge on any atom is 0.163 e. The zero-order valence-corrected chi connectivity index (χ0v) is 16.9. The van der Waals surface area contributed by atoms with E-state index in [1.54, 1.807) is 14.2 Å². The lowest BCUT2D eigenvalue weighted by molar-refractivity contribution is 0.170. The normalized spacial score (nSPS) is 11.5. The predicted molar refractivity (Wildman–Crippen MR) is 104 cm³/mol. The maximum absolute atomic E-state index is 5.88. The molecule has 1 rings (SSSR count). The van der Waals surface area contributed by atoms with E-state index in [9.17, 15) is 0 Å². The first-order valence-electron chi connectivity index (χ1n) is 9.13. The molecule has 0 aliphatic carbocycles. The Morgan fingerprint density at radius 1 is 1.00 bits per heavy atom. The van der Waals surface area contributed by atoms with Crippen molar-refractivity contribution >= 4 is 5.69 Å². The summed E-state index contributed by atoms with van der Waals surface area (Å²) in [5.41, 5.74) is 1.17. The molecule has 0 fully saturated rings. The SMILES string of the molecule is CC.CC[C@@H](C)N(c1ccc(OC)c(OCCCOC)c1)C(C)C. The summed E-state index contributed by atoms with van der Waals surface area (Å²) in [6, 6.07) is 7.09. The van der Waals surface area contributed by atoms with Gasteiger partial charge in [0.15, 0.2) is 11.5 Å². The van der Waals surface area contributed by atoms with Crippen molar-refractivity contribution in [2.75, 3.05) is 32.3 Å². The molecule has 0 spiro atoms. The van der Waals surface area contributed by atoms with Crippen LogP contribution in [0.2, 0.25) is 0 Å². The molecular formula is C20H37NO3. The average molecular weight is 340 g/mol. The molecule has 0 saturated carbocycles. The van der Waals surface area contributed by atoms with Gasteiger partial charge in [-0.15, -0.1) is 0 Å². The molecule has 0 amide bonds. The van der Waals surface area contributed by atoms with E-state index in [1.165, 1.54) is 5.69 Å². The fraction of sp³-hybridized carbons (Fsp3) is 0.700. The van der Waals surface area contributed by atoms with Crippen molar-refractivity contribution < 1.29 is 14.2 Å². The van der Waals surface area contributed by atoms with Crippen molar-refractivity contribution in [3.05, 3.63) is 18.2 Å². The molecule has 0 aliphatic heterocycles. The molecule has 140 valence electrons. The van der Waals surface area contributed by atoms with Gasteiger partial charge in [-0.2, -0.15) is 0 Å². The van der Waals surface area contributed by atoms with E-state index in [-0.39, 0.29) is 0 Å². The Labute approximate surface area is 149 Å². The molecule has 24 heavy (non-hydrogen) atoms. The van der Waals surface area contributed by atoms with E-state index in [2.05, 4.69) is 44.7 Å². The molecule has 0 N–H and O–H groups in total. The second-order valence-corrected chi connectivity index (χ2v) is 5.79. The van der Waals surface area contributed by atoms with Crippen LogP contribution < -0.4 is 14.4 Å². The summed E-state index contributed by atoms with van der Waals surface area (Å²) in [6.45, 7) is 14.2. The summed E-state index contributed by atoms with van der Waals surface area (Å²) in [6.07, 6.45) is 1.97. The topological polar surface area (TPSA) is 30.9 Å². The van der Waals surface area contributed by atoms with Gasteiger partial charge in [0, 0.05) is 44.0 Å². The molecule has 0 unspecified atom stereocenters. The van der Waals surface area contributed by atoms with Crippen LogP contribution in [0.25, 0.3) is 0 Å². The van der Waals surface area contributed by atoms with Crippen molar-refractivity contribution in [2.45, 2.75) is 66.5 Å². The monoisotopic (exact) mass is 339 g/mol. The average Bonchev–Trinajstić information content (AvgIpc) is 2.60. The first-order valence-corrected chi connectivity index (χ1v) is 9.13. The fourth-order valence-corrected chi connectivity index (χ4v) is 2.58. The summed E-state index contributed by atoms with van der Waals surface area (Å²) in [7, 11) is 3.37. The number of anilines is 1. The van der Waals surface area contributed by atoms with Crippen LogP contribution in [0.3, 0.4) is 0 Å². The van der Waals surface area contributed by atoms with Gasteiger partial charge in [0.2, 0.25) is 0 Å². The second kappa shape index (κ2) is 12.9. The van der Waals surface area contributed by atoms with Crippen LogP contribution in [0.5, 0.6) is 11.5 Å². The van der Waals surface area contributed by atoms with Crippen LogP contribution in [-0.4, -0.2) is 39.5 Å². The highest BCUT2D eigenvalue weighted by Gasteiger charge is 2.18. The van der Waals surface area contributed by atoms with Gasteiger partial charge in [-0.05, 0) is 39.3 Å². The highest BCUT2D eigenvalue weighted by atomic mass is 16.5. The fourth-order valence-electron chi connectivity index (χ4n) is 2.58. The lowest BCUT2D eigenvalue weighted by Gasteiger charge is -2.35. The van der Waals surface area contributed by atoms with Gasteiger partial charge >= 0.3 is 0 Å². The molecule has 4 heteroatoms. The minimum absolute atomic E-state index is 0.435. The van der Waals surface area contributed by atoms with E-state index in [0.717, 1.165) is 24.3 Å². The summed E-state index contributed by atoms with van der Waals surface area (Å²) in [4.78, 5) is 2.42. The Morgan fingerprint density at radius 3 is 2.17 bits per heavy atom. The third kappa shape index (κ3) is 7.00. The molecule has 0 aliphatic rings. The van der Waals surface area contributed by atoms with Gasteiger partial charge in [0.05, 0.1) is 13.7 Å². The number of hydrogen-bond donors (Lipinski definition) is 0. The summed E-state index contributed by atoms with van der Waals surface area (Å²) in [5.74, 6) is 1.57. The zero-order valence-electron chi connectivity index (χ0n) is 16.9. The predicted octanol–water partition coefficient (Wildman–Crippen LogP) is 5.15. The molecule has 0 aromatic heterocycles. The van der Waals surface area contributed by atoms with Crippen molar-refractivity contribution in [1.82, 2.24) is 0 Å². The Balaban J connectivity index is 0.00000254. The molecule has 4 nitrogen and oxygen atoms in total. The smallest absolute Gasteiger partial charge is 0.163 e. The van der Waals surface area contributed by atoms with E-state index in [0.29, 0.717) is 25.3 Å². The molecule has 1 aromatic carbocycles. The minimum atomic E-state index is 0.435. The van der Waals surface area contributed by atoms with E-state index >= 15 is 0 Å². The van der Waals surface area contributed by atoms with Gasteiger partial charge in [0.25, 0.3) is 0 Å². The van der Waals surface area contributed by atoms with Gasteiger partial charge in [-0.1, -0.05) is 20.8 Å². The van der Waals surface area contributed by atoms with Crippen molar-refractivity contribution in [3.63, 3.8) is 0 Å². The maximum atomic E-state index is 5.88. The Hall–Kier alpha value is -1.42. The van der Waals surface area contributed by atoms with E-state index in [1.807, 2.05) is 19.9 Å². The standard InChI is InChI=1S/C18H31NO3.C2H6/c1-7-15(4)19(14(2)3)16-9-10-17(21-6)18(13-16)22-12-8-11-20-5;1-2/h9-10,13-15H,7-8,11-12H2,1-6H3;1-2H3/t15-;/m1./s1. The van der Waals surface area contributed by atoms with Gasteiger partial charge in [-0.3, -0.25) is 0 Å². The van der Waals surface area contributed by atoms with Crippen LogP contribution in [0, 0.1) is 0 Å². The highest BCUT2D eigenvalue weighted by molar-refractivity contribution is 5.57. The Morgan fingerprint density at radius 2 is 1.67 bits per heavy atom. The van der Waals surface area contributed by atoms with Crippen LogP contribution in [0.15, 0.2) is 18.2 Å². The minimum Gasteiger partial charge on any atom is -0.493 e. The van der Waals surface area contributed by atoms with Gasteiger partial charge in [-0.25, -0.2) is 0 Å². The molecule has 1 atom stereocenters. The number of methoxy groups -OCH3 is 2. The number of nitrogens with zero attached hydrogens (tertiary/aromatic N) is 1. The van der Waals surface area contributed by atoms with Gasteiger partial charge < -0.3 is 19.1 Å². The molecular weight excluding hydrogens is 302 g/mol. The lowest BCUT2D eigenvalue weighted by atomic mass is 10.1. The van der Waals surface area contributed by atoms with E-state index in [4.69, 9.17) is 14.2 Å². The summed E-state index contributed by atoms with van der Waals surface area (Å²) >= 11 is 0. The van der Waals surface area contributed by atoms with Crippen LogP contribution in [0.1, 0.15) is 54.4 Å². The molecule has 0 bridgehead atoms. The third-order valence-corrected chi connectivity index (χ3v) is 3.82. The molecule has 0 saturated heterocycles. The quantitative estimate of drug-likeness (QED) is 0.552. The lowest BCUT2D eigenvalue weighted by Crippen LogP contribution is -2.38. The summed E-state index contributed by atoms with van der Waals surface area (Å²) in [5, 5.41) is 0. The van der Waals surface area contributed by atoms with Crippen molar-refractivity contribution in [1.29, 1.82) is 0 Å². The zero-order chi connectivity index (χ0) is 18.5. The van der Waals surface area contributed by atoms with Gasteiger partial charge in [0.1, 0.15) is 0 Å². The van der Waals surface area contributed by atoms with Crippen LogP contribution in [0.4, 0.5) is 5.69 Å². The number of rotatable bonds is 10. The number of hydrogen-bond acceptors (Lipinski definition) is 4. The molecule has 0 radical (unpaired) electrons. The molecule has 1 aromatic rings. The van der Waals surface area contributed by atoms with E-state index < -0.39 is 0 Å². The van der Waals surface area contributed by atoms with Crippen LogP contribution in [-0.2, 0) is 4.74 Å². The Kier molecular flexibility index (Phi) is 12.2. The molecule has 0 heterocycles. The third-order valence-electron chi connectivity index (χ3n) is 3.82. The second-order valence-electron chi connectivity index (χ2n) is 5.79. The van der Waals surface area contributed by atoms with Crippen molar-refractivity contribution in [2.24, 2.45) is 0 Å². The number of ether oxygens (including phenoxy) is 3. The van der Waals surface area contributed by atoms with Crippen molar-refractivity contribution in [3.8, 4) is 11.5 Å². The number of benzene rings is 1. The van der Waals surface area contributed by atoms with Crippen LogP contribution >= 0.6 is 0 Å². The first kappa shape index (κ1) is 22.6. The summed E-state index contributed by atoms with van der Waals surface area (Å²) < 4.78 is 16.3. The highest BCUT2D eigenvalue weighted by Crippen LogP contribution is 2.33. The Bertz CT molecular complexity index is 435. The first-order chi connectivity index (χ1) is 11.5.